The van der Waals surface area contributed by atoms with E-state index in [1.54, 1.807) is 19.1 Å². The Kier molecular flexibility index (Phi) is 5.17. The largest absolute Gasteiger partial charge is 0.458 e. The summed E-state index contributed by atoms with van der Waals surface area (Å²) in [7, 11) is 0. The number of ether oxygens (including phenoxy) is 1. The number of esters is 1. The van der Waals surface area contributed by atoms with Gasteiger partial charge in [-0.3, -0.25) is 0 Å². The van der Waals surface area contributed by atoms with Crippen LogP contribution in [0.15, 0.2) is 23.8 Å². The Morgan fingerprint density at radius 2 is 2.09 bits per heavy atom. The van der Waals surface area contributed by atoms with Crippen LogP contribution in [-0.2, 0) is 9.53 Å². The molecule has 0 aromatic rings. The van der Waals surface area contributed by atoms with Gasteiger partial charge in [0.15, 0.2) is 0 Å². The molecule has 0 unspecified atom stereocenters. The summed E-state index contributed by atoms with van der Waals surface area (Å²) in [6.07, 6.45) is 5.37. The van der Waals surface area contributed by atoms with Crippen molar-refractivity contribution in [2.75, 3.05) is 6.61 Å². The van der Waals surface area contributed by atoms with E-state index in [1.807, 2.05) is 19.9 Å². The zero-order valence-electron chi connectivity index (χ0n) is 7.26. The van der Waals surface area contributed by atoms with Gasteiger partial charge < -0.3 is 4.74 Å². The van der Waals surface area contributed by atoms with E-state index in [-0.39, 0.29) is 5.97 Å². The van der Waals surface area contributed by atoms with Gasteiger partial charge in [0.2, 0.25) is 0 Å². The normalized spacial score (nSPS) is 12.1. The van der Waals surface area contributed by atoms with Gasteiger partial charge in [-0.15, -0.1) is 0 Å². The fourth-order valence-corrected chi connectivity index (χ4v) is 0.452. The monoisotopic (exact) mass is 154 g/mol. The highest BCUT2D eigenvalue weighted by molar-refractivity contribution is 5.87. The van der Waals surface area contributed by atoms with E-state index >= 15 is 0 Å². The van der Waals surface area contributed by atoms with Crippen LogP contribution >= 0.6 is 0 Å². The van der Waals surface area contributed by atoms with Gasteiger partial charge >= 0.3 is 5.97 Å². The van der Waals surface area contributed by atoms with Gasteiger partial charge in [-0.25, -0.2) is 4.79 Å². The van der Waals surface area contributed by atoms with Gasteiger partial charge in [0.25, 0.3) is 0 Å². The number of carbonyl (C=O) groups excluding carboxylic acids is 1. The zero-order valence-corrected chi connectivity index (χ0v) is 7.26. The van der Waals surface area contributed by atoms with Crippen LogP contribution in [0.2, 0.25) is 0 Å². The summed E-state index contributed by atoms with van der Waals surface area (Å²) >= 11 is 0. The fourth-order valence-electron chi connectivity index (χ4n) is 0.452. The third-order valence-corrected chi connectivity index (χ3v) is 1.30. The minimum absolute atomic E-state index is 0.245. The molecule has 0 bridgehead atoms. The number of carbonyl (C=O) groups is 1. The van der Waals surface area contributed by atoms with Crippen molar-refractivity contribution in [2.45, 2.75) is 20.8 Å². The Hall–Kier alpha value is -1.05. The summed E-state index contributed by atoms with van der Waals surface area (Å²) in [6.45, 7) is 5.79. The smallest absolute Gasteiger partial charge is 0.333 e. The second-order valence-electron chi connectivity index (χ2n) is 2.14. The van der Waals surface area contributed by atoms with Crippen LogP contribution in [0.3, 0.4) is 0 Å². The van der Waals surface area contributed by atoms with Crippen molar-refractivity contribution < 1.29 is 9.53 Å². The first kappa shape index (κ1) is 9.95. The van der Waals surface area contributed by atoms with Crippen molar-refractivity contribution in [3.8, 4) is 0 Å². The SMILES string of the molecule is CC=CCOC(=O)C(C)=CC. The molecule has 2 heteroatoms. The first-order valence-corrected chi connectivity index (χ1v) is 3.63. The van der Waals surface area contributed by atoms with Crippen molar-refractivity contribution in [1.82, 2.24) is 0 Å². The third kappa shape index (κ3) is 4.37. The highest BCUT2D eigenvalue weighted by atomic mass is 16.5. The van der Waals surface area contributed by atoms with Crippen molar-refractivity contribution in [3.63, 3.8) is 0 Å². The molecule has 0 spiro atoms. The van der Waals surface area contributed by atoms with E-state index in [2.05, 4.69) is 0 Å². The second-order valence-corrected chi connectivity index (χ2v) is 2.14. The minimum atomic E-state index is -0.245. The Morgan fingerprint density at radius 3 is 2.55 bits per heavy atom. The highest BCUT2D eigenvalue weighted by Crippen LogP contribution is 1.95. The van der Waals surface area contributed by atoms with Crippen LogP contribution in [-0.4, -0.2) is 12.6 Å². The summed E-state index contributed by atoms with van der Waals surface area (Å²) in [4.78, 5) is 10.9. The van der Waals surface area contributed by atoms with E-state index in [0.717, 1.165) is 0 Å². The molecule has 0 radical (unpaired) electrons. The molecular formula is C9H14O2. The minimum Gasteiger partial charge on any atom is -0.458 e. The quantitative estimate of drug-likeness (QED) is 0.353. The molecule has 0 fully saturated rings. The Morgan fingerprint density at radius 1 is 1.45 bits per heavy atom. The first-order chi connectivity index (χ1) is 5.22. The Bertz CT molecular complexity index is 178. The lowest BCUT2D eigenvalue weighted by molar-refractivity contribution is -0.137. The fraction of sp³-hybridized carbons (Fsp3) is 0.444. The topological polar surface area (TPSA) is 26.3 Å². The van der Waals surface area contributed by atoms with E-state index in [1.165, 1.54) is 0 Å². The van der Waals surface area contributed by atoms with Gasteiger partial charge in [-0.1, -0.05) is 18.2 Å². The maximum Gasteiger partial charge on any atom is 0.333 e. The predicted octanol–water partition coefficient (Wildman–Crippen LogP) is 2.07. The molecular weight excluding hydrogens is 140 g/mol. The molecule has 0 aliphatic carbocycles. The average molecular weight is 154 g/mol. The van der Waals surface area contributed by atoms with E-state index < -0.39 is 0 Å². The van der Waals surface area contributed by atoms with E-state index in [0.29, 0.717) is 12.2 Å². The molecule has 0 N–H and O–H groups in total. The molecule has 0 saturated heterocycles. The highest BCUT2D eigenvalue weighted by Gasteiger charge is 2.01. The molecule has 0 amide bonds. The molecule has 0 aromatic heterocycles. The maximum absolute atomic E-state index is 10.9. The Balaban J connectivity index is 3.70. The van der Waals surface area contributed by atoms with Gasteiger partial charge in [-0.05, 0) is 20.8 Å². The average Bonchev–Trinajstić information content (AvgIpc) is 2.03. The summed E-state index contributed by atoms with van der Waals surface area (Å²) in [5.41, 5.74) is 0.648. The lowest BCUT2D eigenvalue weighted by atomic mass is 10.3. The van der Waals surface area contributed by atoms with Crippen LogP contribution in [0, 0.1) is 0 Å². The summed E-state index contributed by atoms with van der Waals surface area (Å²) in [6, 6.07) is 0. The van der Waals surface area contributed by atoms with Gasteiger partial charge in [0, 0.05) is 5.57 Å². The lowest BCUT2D eigenvalue weighted by Gasteiger charge is -1.99. The number of rotatable bonds is 3. The molecule has 0 aromatic carbocycles. The first-order valence-electron chi connectivity index (χ1n) is 3.63. The van der Waals surface area contributed by atoms with Crippen LogP contribution in [0.4, 0.5) is 0 Å². The van der Waals surface area contributed by atoms with Crippen LogP contribution in [0.1, 0.15) is 20.8 Å². The molecule has 11 heavy (non-hydrogen) atoms. The number of allylic oxidation sites excluding steroid dienone is 2. The molecule has 62 valence electrons. The molecule has 0 atom stereocenters. The van der Waals surface area contributed by atoms with Crippen molar-refractivity contribution in [3.05, 3.63) is 23.8 Å². The van der Waals surface area contributed by atoms with E-state index in [4.69, 9.17) is 4.74 Å². The zero-order chi connectivity index (χ0) is 8.69. The maximum atomic E-state index is 10.9. The molecule has 0 aliphatic rings. The summed E-state index contributed by atoms with van der Waals surface area (Å²) in [5, 5.41) is 0. The standard InChI is InChI=1S/C9H14O2/c1-4-6-7-11-9(10)8(3)5-2/h4-6H,7H2,1-3H3. The van der Waals surface area contributed by atoms with Crippen LogP contribution in [0.25, 0.3) is 0 Å². The van der Waals surface area contributed by atoms with Crippen molar-refractivity contribution >= 4 is 5.97 Å². The van der Waals surface area contributed by atoms with Gasteiger partial charge in [0.05, 0.1) is 0 Å². The molecule has 0 rings (SSSR count). The van der Waals surface area contributed by atoms with Gasteiger partial charge in [0.1, 0.15) is 6.61 Å². The summed E-state index contributed by atoms with van der Waals surface area (Å²) in [5.74, 6) is -0.245. The number of hydrogen-bond acceptors (Lipinski definition) is 2. The lowest BCUT2D eigenvalue weighted by Crippen LogP contribution is -2.05. The molecule has 0 aliphatic heterocycles. The second kappa shape index (κ2) is 5.71. The summed E-state index contributed by atoms with van der Waals surface area (Å²) < 4.78 is 4.84. The number of hydrogen-bond donors (Lipinski definition) is 0. The molecule has 0 heterocycles. The Labute approximate surface area is 67.6 Å². The van der Waals surface area contributed by atoms with Gasteiger partial charge in [-0.2, -0.15) is 0 Å². The van der Waals surface area contributed by atoms with Crippen LogP contribution < -0.4 is 0 Å². The molecule has 2 nitrogen and oxygen atoms in total. The predicted molar refractivity (Wildman–Crippen MR) is 45.2 cm³/mol. The third-order valence-electron chi connectivity index (χ3n) is 1.30. The van der Waals surface area contributed by atoms with E-state index in [9.17, 15) is 4.79 Å². The van der Waals surface area contributed by atoms with Crippen molar-refractivity contribution in [2.24, 2.45) is 0 Å². The van der Waals surface area contributed by atoms with Crippen LogP contribution in [0.5, 0.6) is 0 Å². The van der Waals surface area contributed by atoms with Crippen molar-refractivity contribution in [1.29, 1.82) is 0 Å². The molecule has 0 saturated carbocycles.